The fraction of sp³-hybridized carbons (Fsp3) is 0.238. The van der Waals surface area contributed by atoms with Crippen LogP contribution in [-0.2, 0) is 11.2 Å². The van der Waals surface area contributed by atoms with E-state index >= 15 is 0 Å². The smallest absolute Gasteiger partial charge is 0.226 e. The number of pyridine rings is 1. The number of hydrogen-bond acceptors (Lipinski definition) is 4. The Morgan fingerprint density at radius 2 is 1.96 bits per heavy atom. The average molecular weight is 362 g/mol. The van der Waals surface area contributed by atoms with Crippen LogP contribution >= 0.6 is 0 Å². The van der Waals surface area contributed by atoms with Gasteiger partial charge in [0, 0.05) is 42.8 Å². The van der Waals surface area contributed by atoms with Crippen LogP contribution in [0.5, 0.6) is 0 Å². The maximum absolute atomic E-state index is 12.3. The molecule has 6 heteroatoms. The second kappa shape index (κ2) is 7.95. The standard InChI is InChI=1S/C21H22N4O2/c1-4-21(27)25(3)17-6-7-18(14(2)11-17)15-5-8-19(22-13-15)20(26)12-16-9-10-23-24-16/h5-11,13H,4,12H2,1-3H3,(H,23,24). The number of amides is 1. The maximum Gasteiger partial charge on any atom is 0.226 e. The van der Waals surface area contributed by atoms with Crippen molar-refractivity contribution in [1.82, 2.24) is 15.2 Å². The first kappa shape index (κ1) is 18.5. The Labute approximate surface area is 158 Å². The number of ketones is 1. The van der Waals surface area contributed by atoms with E-state index in [0.29, 0.717) is 12.1 Å². The highest BCUT2D eigenvalue weighted by atomic mass is 16.2. The first-order valence-electron chi connectivity index (χ1n) is 8.84. The van der Waals surface area contributed by atoms with Crippen molar-refractivity contribution in [2.75, 3.05) is 11.9 Å². The molecular formula is C21H22N4O2. The fourth-order valence-corrected chi connectivity index (χ4v) is 2.93. The van der Waals surface area contributed by atoms with Crippen molar-refractivity contribution in [3.63, 3.8) is 0 Å². The van der Waals surface area contributed by atoms with Crippen molar-refractivity contribution in [3.05, 3.63) is 65.7 Å². The Bertz CT molecular complexity index is 947. The quantitative estimate of drug-likeness (QED) is 0.680. The average Bonchev–Trinajstić information content (AvgIpc) is 3.19. The number of carbonyl (C=O) groups excluding carboxylic acids is 2. The fourth-order valence-electron chi connectivity index (χ4n) is 2.93. The molecule has 138 valence electrons. The lowest BCUT2D eigenvalue weighted by molar-refractivity contribution is -0.118. The Morgan fingerprint density at radius 1 is 1.15 bits per heavy atom. The van der Waals surface area contributed by atoms with Gasteiger partial charge in [0.1, 0.15) is 5.69 Å². The minimum atomic E-state index is -0.0578. The molecule has 0 aliphatic heterocycles. The van der Waals surface area contributed by atoms with Gasteiger partial charge in [0.05, 0.1) is 6.42 Å². The summed E-state index contributed by atoms with van der Waals surface area (Å²) in [6.45, 7) is 3.85. The van der Waals surface area contributed by atoms with Gasteiger partial charge in [-0.2, -0.15) is 5.10 Å². The zero-order valence-electron chi connectivity index (χ0n) is 15.7. The molecule has 0 bridgehead atoms. The third-order valence-corrected chi connectivity index (χ3v) is 4.54. The van der Waals surface area contributed by atoms with Crippen LogP contribution in [0.15, 0.2) is 48.8 Å². The zero-order chi connectivity index (χ0) is 19.4. The van der Waals surface area contributed by atoms with E-state index in [4.69, 9.17) is 0 Å². The van der Waals surface area contributed by atoms with Gasteiger partial charge in [-0.05, 0) is 42.3 Å². The molecule has 3 aromatic rings. The van der Waals surface area contributed by atoms with Crippen molar-refractivity contribution in [1.29, 1.82) is 0 Å². The van der Waals surface area contributed by atoms with Crippen LogP contribution in [0.4, 0.5) is 5.69 Å². The lowest BCUT2D eigenvalue weighted by atomic mass is 10.0. The van der Waals surface area contributed by atoms with Gasteiger partial charge in [0.2, 0.25) is 5.91 Å². The number of carbonyl (C=O) groups is 2. The van der Waals surface area contributed by atoms with Crippen molar-refractivity contribution < 1.29 is 9.59 Å². The number of hydrogen-bond donors (Lipinski definition) is 1. The Morgan fingerprint density at radius 3 is 2.56 bits per heavy atom. The minimum absolute atomic E-state index is 0.0578. The third kappa shape index (κ3) is 4.11. The molecule has 0 aliphatic rings. The molecule has 1 N–H and O–H groups in total. The second-order valence-corrected chi connectivity index (χ2v) is 6.42. The van der Waals surface area contributed by atoms with Gasteiger partial charge >= 0.3 is 0 Å². The topological polar surface area (TPSA) is 79.0 Å². The number of benzene rings is 1. The summed E-state index contributed by atoms with van der Waals surface area (Å²) in [5.41, 5.74) is 5.06. The van der Waals surface area contributed by atoms with Crippen molar-refractivity contribution in [2.45, 2.75) is 26.7 Å². The van der Waals surface area contributed by atoms with E-state index in [1.165, 1.54) is 0 Å². The number of aryl methyl sites for hydroxylation is 1. The molecule has 0 spiro atoms. The van der Waals surface area contributed by atoms with Crippen LogP contribution in [-0.4, -0.2) is 33.9 Å². The Kier molecular flexibility index (Phi) is 5.45. The molecule has 1 amide bonds. The molecule has 0 aliphatic carbocycles. The highest BCUT2D eigenvalue weighted by Gasteiger charge is 2.13. The lowest BCUT2D eigenvalue weighted by Gasteiger charge is -2.18. The molecule has 0 saturated carbocycles. The van der Waals surface area contributed by atoms with E-state index in [2.05, 4.69) is 15.2 Å². The predicted octanol–water partition coefficient (Wildman–Crippen LogP) is 3.58. The summed E-state index contributed by atoms with van der Waals surface area (Å²) < 4.78 is 0. The Hall–Kier alpha value is -3.28. The van der Waals surface area contributed by atoms with E-state index in [1.54, 1.807) is 36.5 Å². The van der Waals surface area contributed by atoms with Gasteiger partial charge in [-0.3, -0.25) is 19.7 Å². The normalized spacial score (nSPS) is 10.6. The number of rotatable bonds is 6. The number of nitrogens with one attached hydrogen (secondary N) is 1. The minimum Gasteiger partial charge on any atom is -0.316 e. The summed E-state index contributed by atoms with van der Waals surface area (Å²) in [6, 6.07) is 11.3. The molecule has 2 heterocycles. The molecule has 0 fully saturated rings. The van der Waals surface area contributed by atoms with E-state index in [-0.39, 0.29) is 18.1 Å². The van der Waals surface area contributed by atoms with Crippen LogP contribution < -0.4 is 4.90 Å². The molecule has 3 rings (SSSR count). The summed E-state index contributed by atoms with van der Waals surface area (Å²) in [5, 5.41) is 6.63. The van der Waals surface area contributed by atoms with Crippen molar-refractivity contribution in [2.24, 2.45) is 0 Å². The lowest BCUT2D eigenvalue weighted by Crippen LogP contribution is -2.25. The SMILES string of the molecule is CCC(=O)N(C)c1ccc(-c2ccc(C(=O)Cc3ccn[nH]3)nc2)c(C)c1. The van der Waals surface area contributed by atoms with Crippen LogP contribution in [0.3, 0.4) is 0 Å². The molecule has 2 aromatic heterocycles. The molecule has 0 unspecified atom stereocenters. The van der Waals surface area contributed by atoms with Crippen LogP contribution in [0.25, 0.3) is 11.1 Å². The number of nitrogens with zero attached hydrogens (tertiary/aromatic N) is 3. The molecular weight excluding hydrogens is 340 g/mol. The zero-order valence-corrected chi connectivity index (χ0v) is 15.7. The Balaban J connectivity index is 1.78. The predicted molar refractivity (Wildman–Crippen MR) is 105 cm³/mol. The van der Waals surface area contributed by atoms with Crippen LogP contribution in [0, 0.1) is 6.92 Å². The van der Waals surface area contributed by atoms with Gasteiger partial charge in [0.15, 0.2) is 5.78 Å². The van der Waals surface area contributed by atoms with Gasteiger partial charge in [-0.25, -0.2) is 0 Å². The van der Waals surface area contributed by atoms with Gasteiger partial charge < -0.3 is 4.90 Å². The molecule has 1 aromatic carbocycles. The van der Waals surface area contributed by atoms with Crippen LogP contribution in [0.1, 0.15) is 35.1 Å². The first-order chi connectivity index (χ1) is 13.0. The first-order valence-corrected chi connectivity index (χ1v) is 8.84. The summed E-state index contributed by atoms with van der Waals surface area (Å²) >= 11 is 0. The summed E-state index contributed by atoms with van der Waals surface area (Å²) in [5.74, 6) is 0.0153. The van der Waals surface area contributed by atoms with Crippen molar-refractivity contribution >= 4 is 17.4 Å². The van der Waals surface area contributed by atoms with E-state index in [9.17, 15) is 9.59 Å². The monoisotopic (exact) mass is 362 g/mol. The van der Waals surface area contributed by atoms with Gasteiger partial charge in [0.25, 0.3) is 0 Å². The number of anilines is 1. The maximum atomic E-state index is 12.3. The largest absolute Gasteiger partial charge is 0.316 e. The molecule has 6 nitrogen and oxygen atoms in total. The summed E-state index contributed by atoms with van der Waals surface area (Å²) in [6.07, 6.45) is 4.05. The van der Waals surface area contributed by atoms with Gasteiger partial charge in [-0.1, -0.05) is 19.1 Å². The highest BCUT2D eigenvalue weighted by molar-refractivity contribution is 5.96. The molecule has 0 atom stereocenters. The van der Waals surface area contributed by atoms with Gasteiger partial charge in [-0.15, -0.1) is 0 Å². The molecule has 0 radical (unpaired) electrons. The molecule has 0 saturated heterocycles. The number of H-pyrrole nitrogens is 1. The highest BCUT2D eigenvalue weighted by Crippen LogP contribution is 2.27. The second-order valence-electron chi connectivity index (χ2n) is 6.42. The van der Waals surface area contributed by atoms with E-state index < -0.39 is 0 Å². The van der Waals surface area contributed by atoms with E-state index in [0.717, 1.165) is 28.1 Å². The number of aromatic nitrogens is 3. The summed E-state index contributed by atoms with van der Waals surface area (Å²) in [7, 11) is 1.78. The molecule has 27 heavy (non-hydrogen) atoms. The van der Waals surface area contributed by atoms with E-state index in [1.807, 2.05) is 38.1 Å². The van der Waals surface area contributed by atoms with Crippen LogP contribution in [0.2, 0.25) is 0 Å². The van der Waals surface area contributed by atoms with Crippen molar-refractivity contribution in [3.8, 4) is 11.1 Å². The number of aromatic amines is 1. The third-order valence-electron chi connectivity index (χ3n) is 4.54. The summed E-state index contributed by atoms with van der Waals surface area (Å²) in [4.78, 5) is 30.1. The number of Topliss-reactive ketones (excluding diaryl/α,β-unsaturated/α-hetero) is 1.